The van der Waals surface area contributed by atoms with Gasteiger partial charge in [-0.05, 0) is 27.8 Å². The Hall–Kier alpha value is -1.63. The molecular formula is C12H24N6O. The van der Waals surface area contributed by atoms with Crippen LogP contribution in [-0.2, 0) is 0 Å². The summed E-state index contributed by atoms with van der Waals surface area (Å²) in [5.41, 5.74) is 0. The number of ether oxygens (including phenoxy) is 1. The molecule has 0 aliphatic rings. The lowest BCUT2D eigenvalue weighted by atomic mass is 10.3. The quantitative estimate of drug-likeness (QED) is 0.730. The van der Waals surface area contributed by atoms with E-state index in [1.807, 2.05) is 6.92 Å². The Morgan fingerprint density at radius 1 is 1.16 bits per heavy atom. The Bertz CT molecular complexity index is 384. The van der Waals surface area contributed by atoms with Crippen LogP contribution in [-0.4, -0.2) is 59.7 Å². The molecule has 0 saturated heterocycles. The molecule has 7 nitrogen and oxygen atoms in total. The first-order chi connectivity index (χ1) is 9.06. The minimum absolute atomic E-state index is 0.311. The number of aromatic nitrogens is 3. The molecule has 7 heteroatoms. The number of rotatable bonds is 8. The van der Waals surface area contributed by atoms with Gasteiger partial charge in [-0.15, -0.1) is 0 Å². The number of likely N-dealkylation sites (N-methyl/N-ethyl adjacent to an activating group) is 1. The molecule has 2 N–H and O–H groups in total. The highest BCUT2D eigenvalue weighted by molar-refractivity contribution is 5.35. The van der Waals surface area contributed by atoms with Crippen molar-refractivity contribution in [2.24, 2.45) is 0 Å². The summed E-state index contributed by atoms with van der Waals surface area (Å²) < 4.78 is 5.05. The van der Waals surface area contributed by atoms with Crippen molar-refractivity contribution < 1.29 is 4.74 Å². The van der Waals surface area contributed by atoms with Crippen LogP contribution >= 0.6 is 0 Å². The van der Waals surface area contributed by atoms with E-state index in [-0.39, 0.29) is 0 Å². The molecule has 0 aliphatic carbocycles. The van der Waals surface area contributed by atoms with Crippen molar-refractivity contribution in [1.82, 2.24) is 19.9 Å². The monoisotopic (exact) mass is 268 g/mol. The molecule has 0 saturated carbocycles. The third-order valence-corrected chi connectivity index (χ3v) is 2.76. The molecule has 0 aliphatic heterocycles. The lowest BCUT2D eigenvalue weighted by Gasteiger charge is -2.20. The Balaban J connectivity index is 2.59. The van der Waals surface area contributed by atoms with Crippen LogP contribution in [0.4, 0.5) is 11.9 Å². The highest BCUT2D eigenvalue weighted by Gasteiger charge is 2.07. The lowest BCUT2D eigenvalue weighted by Crippen LogP contribution is -2.31. The van der Waals surface area contributed by atoms with E-state index in [4.69, 9.17) is 4.74 Å². The fraction of sp³-hybridized carbons (Fsp3) is 0.750. The fourth-order valence-electron chi connectivity index (χ4n) is 1.37. The van der Waals surface area contributed by atoms with Crippen LogP contribution in [0.3, 0.4) is 0 Å². The van der Waals surface area contributed by atoms with Crippen molar-refractivity contribution >= 4 is 11.9 Å². The molecule has 0 atom stereocenters. The minimum atomic E-state index is 0.311. The summed E-state index contributed by atoms with van der Waals surface area (Å²) in [6, 6.07) is 0.831. The van der Waals surface area contributed by atoms with Gasteiger partial charge in [-0.3, -0.25) is 0 Å². The average molecular weight is 268 g/mol. The van der Waals surface area contributed by atoms with Gasteiger partial charge in [0.2, 0.25) is 11.9 Å². The average Bonchev–Trinajstić information content (AvgIpc) is 2.38. The second-order valence-corrected chi connectivity index (χ2v) is 4.50. The van der Waals surface area contributed by atoms with Crippen molar-refractivity contribution in [3.63, 3.8) is 0 Å². The van der Waals surface area contributed by atoms with Gasteiger partial charge in [0.1, 0.15) is 0 Å². The van der Waals surface area contributed by atoms with Crippen LogP contribution in [0.25, 0.3) is 0 Å². The van der Waals surface area contributed by atoms with Crippen LogP contribution in [0.5, 0.6) is 6.01 Å². The summed E-state index contributed by atoms with van der Waals surface area (Å²) in [6.07, 6.45) is 0. The smallest absolute Gasteiger partial charge is 0.322 e. The molecule has 0 amide bonds. The summed E-state index contributed by atoms with van der Waals surface area (Å²) in [7, 11) is 3.63. The number of hydrogen-bond donors (Lipinski definition) is 2. The summed E-state index contributed by atoms with van der Waals surface area (Å²) in [5, 5.41) is 6.23. The van der Waals surface area contributed by atoms with E-state index in [0.717, 1.165) is 19.6 Å². The van der Waals surface area contributed by atoms with Crippen LogP contribution in [0.1, 0.15) is 20.8 Å². The maximum absolute atomic E-state index is 5.05. The Kier molecular flexibility index (Phi) is 6.27. The molecule has 1 aromatic rings. The first-order valence-corrected chi connectivity index (χ1v) is 6.54. The van der Waals surface area contributed by atoms with Gasteiger partial charge < -0.3 is 20.3 Å². The van der Waals surface area contributed by atoms with E-state index in [1.54, 1.807) is 7.11 Å². The van der Waals surface area contributed by atoms with Crippen LogP contribution < -0.4 is 15.4 Å². The second-order valence-electron chi connectivity index (χ2n) is 4.50. The van der Waals surface area contributed by atoms with Gasteiger partial charge >= 0.3 is 6.01 Å². The summed E-state index contributed by atoms with van der Waals surface area (Å²) >= 11 is 0. The molecule has 1 heterocycles. The molecular weight excluding hydrogens is 244 g/mol. The van der Waals surface area contributed by atoms with Crippen LogP contribution in [0.15, 0.2) is 0 Å². The number of nitrogens with one attached hydrogen (secondary N) is 2. The Morgan fingerprint density at radius 3 is 2.32 bits per heavy atom. The van der Waals surface area contributed by atoms with Crippen LogP contribution in [0.2, 0.25) is 0 Å². The van der Waals surface area contributed by atoms with E-state index >= 15 is 0 Å². The van der Waals surface area contributed by atoms with Gasteiger partial charge in [0.15, 0.2) is 0 Å². The van der Waals surface area contributed by atoms with Gasteiger partial charge in [0.05, 0.1) is 7.11 Å². The molecule has 108 valence electrons. The first kappa shape index (κ1) is 15.4. The molecule has 0 bridgehead atoms. The van der Waals surface area contributed by atoms with Gasteiger partial charge in [-0.25, -0.2) is 0 Å². The number of anilines is 2. The topological polar surface area (TPSA) is 75.2 Å². The third kappa shape index (κ3) is 5.25. The largest absolute Gasteiger partial charge is 0.467 e. The summed E-state index contributed by atoms with van der Waals surface area (Å²) in [6.45, 7) is 8.75. The summed E-state index contributed by atoms with van der Waals surface area (Å²) in [5.74, 6) is 1.05. The Morgan fingerprint density at radius 2 is 1.79 bits per heavy atom. The maximum Gasteiger partial charge on any atom is 0.322 e. The highest BCUT2D eigenvalue weighted by atomic mass is 16.5. The SMILES string of the molecule is CCNc1nc(NCCN(C)C(C)C)nc(OC)n1. The molecule has 1 aromatic heterocycles. The first-order valence-electron chi connectivity index (χ1n) is 6.54. The molecule has 19 heavy (non-hydrogen) atoms. The van der Waals surface area contributed by atoms with E-state index < -0.39 is 0 Å². The van der Waals surface area contributed by atoms with Gasteiger partial charge in [0.25, 0.3) is 0 Å². The highest BCUT2D eigenvalue weighted by Crippen LogP contribution is 2.10. The van der Waals surface area contributed by atoms with Crippen LogP contribution in [0, 0.1) is 0 Å². The zero-order chi connectivity index (χ0) is 14.3. The van der Waals surface area contributed by atoms with E-state index in [0.29, 0.717) is 23.9 Å². The molecule has 1 rings (SSSR count). The fourth-order valence-corrected chi connectivity index (χ4v) is 1.37. The van der Waals surface area contributed by atoms with E-state index in [1.165, 1.54) is 0 Å². The third-order valence-electron chi connectivity index (χ3n) is 2.76. The van der Waals surface area contributed by atoms with Crippen molar-refractivity contribution in [2.45, 2.75) is 26.8 Å². The van der Waals surface area contributed by atoms with Crippen molar-refractivity contribution in [2.75, 3.05) is 44.4 Å². The number of nitrogens with zero attached hydrogens (tertiary/aromatic N) is 4. The predicted octanol–water partition coefficient (Wildman–Crippen LogP) is 1.06. The second kappa shape index (κ2) is 7.73. The molecule has 0 spiro atoms. The zero-order valence-electron chi connectivity index (χ0n) is 12.4. The van der Waals surface area contributed by atoms with Gasteiger partial charge in [-0.1, -0.05) is 0 Å². The maximum atomic E-state index is 5.05. The van der Waals surface area contributed by atoms with Gasteiger partial charge in [0, 0.05) is 25.7 Å². The van der Waals surface area contributed by atoms with Crippen molar-refractivity contribution in [1.29, 1.82) is 0 Å². The normalized spacial score (nSPS) is 10.9. The lowest BCUT2D eigenvalue weighted by molar-refractivity contribution is 0.284. The van der Waals surface area contributed by atoms with Crippen molar-refractivity contribution in [3.05, 3.63) is 0 Å². The van der Waals surface area contributed by atoms with E-state index in [2.05, 4.69) is 51.4 Å². The zero-order valence-corrected chi connectivity index (χ0v) is 12.4. The Labute approximate surface area is 114 Å². The van der Waals surface area contributed by atoms with E-state index in [9.17, 15) is 0 Å². The predicted molar refractivity (Wildman–Crippen MR) is 76.8 cm³/mol. The molecule has 0 unspecified atom stereocenters. The molecule has 0 fully saturated rings. The van der Waals surface area contributed by atoms with Crippen molar-refractivity contribution in [3.8, 4) is 6.01 Å². The minimum Gasteiger partial charge on any atom is -0.467 e. The van der Waals surface area contributed by atoms with Gasteiger partial charge in [-0.2, -0.15) is 15.0 Å². The number of methoxy groups -OCH3 is 1. The standard InChI is InChI=1S/C12H24N6O/c1-6-13-10-15-11(17-12(16-10)19-5)14-7-8-18(4)9(2)3/h9H,6-8H2,1-5H3,(H2,13,14,15,16,17). The summed E-state index contributed by atoms with van der Waals surface area (Å²) in [4.78, 5) is 14.8. The molecule has 0 aromatic carbocycles. The molecule has 0 radical (unpaired) electrons. The number of hydrogen-bond acceptors (Lipinski definition) is 7.